The Morgan fingerprint density at radius 3 is 2.40 bits per heavy atom. The highest BCUT2D eigenvalue weighted by atomic mass is 32.2. The second-order valence-corrected chi connectivity index (χ2v) is 5.17. The number of hydrogen-bond donors (Lipinski definition) is 2. The fourth-order valence-corrected chi connectivity index (χ4v) is 2.27. The molecule has 1 aromatic carbocycles. The first-order valence-corrected chi connectivity index (χ1v) is 5.87. The molecule has 0 aliphatic rings. The van der Waals surface area contributed by atoms with Gasteiger partial charge in [-0.3, -0.25) is 0 Å². The normalized spacial score (nSPS) is 12.0. The lowest BCUT2D eigenvalue weighted by Crippen LogP contribution is -2.36. The molecular formula is C9H15N3O2S. The van der Waals surface area contributed by atoms with Crippen molar-refractivity contribution in [2.24, 2.45) is 0 Å². The average Bonchev–Trinajstić information content (AvgIpc) is 2.07. The minimum absolute atomic E-state index is 0.211. The lowest BCUT2D eigenvalue weighted by Gasteiger charge is -2.13. The monoisotopic (exact) mass is 229 g/mol. The van der Waals surface area contributed by atoms with E-state index >= 15 is 0 Å². The molecule has 0 bridgehead atoms. The molecule has 6 heteroatoms. The molecule has 5 nitrogen and oxygen atoms in total. The number of nitrogens with one attached hydrogen (secondary N) is 1. The topological polar surface area (TPSA) is 75.4 Å². The zero-order valence-corrected chi connectivity index (χ0v) is 9.80. The fraction of sp³-hybridized carbons (Fsp3) is 0.333. The molecule has 0 heterocycles. The Balaban J connectivity index is 3.11. The molecule has 0 unspecified atom stereocenters. The number of hydrazine groups is 1. The second kappa shape index (κ2) is 4.18. The summed E-state index contributed by atoms with van der Waals surface area (Å²) >= 11 is 0. The fourth-order valence-electron chi connectivity index (χ4n) is 1.11. The van der Waals surface area contributed by atoms with Gasteiger partial charge in [0.1, 0.15) is 0 Å². The summed E-state index contributed by atoms with van der Waals surface area (Å²) in [6.45, 7) is 1.77. The summed E-state index contributed by atoms with van der Waals surface area (Å²) in [6, 6.07) is 4.61. The minimum atomic E-state index is -3.48. The highest BCUT2D eigenvalue weighted by Gasteiger charge is 2.14. The number of nitrogens with zero attached hydrogens (tertiary/aromatic N) is 1. The van der Waals surface area contributed by atoms with E-state index < -0.39 is 10.0 Å². The zero-order chi connectivity index (χ0) is 11.6. The van der Waals surface area contributed by atoms with Crippen LogP contribution in [0.2, 0.25) is 0 Å². The molecule has 0 aromatic heterocycles. The van der Waals surface area contributed by atoms with Crippen molar-refractivity contribution < 1.29 is 8.42 Å². The van der Waals surface area contributed by atoms with Gasteiger partial charge in [0.05, 0.1) is 4.90 Å². The first-order chi connectivity index (χ1) is 6.83. The zero-order valence-electron chi connectivity index (χ0n) is 8.98. The van der Waals surface area contributed by atoms with Gasteiger partial charge in [-0.25, -0.2) is 13.4 Å². The van der Waals surface area contributed by atoms with Gasteiger partial charge in [0.2, 0.25) is 0 Å². The van der Waals surface area contributed by atoms with Gasteiger partial charge in [-0.2, -0.15) is 0 Å². The van der Waals surface area contributed by atoms with Gasteiger partial charge in [0, 0.05) is 19.8 Å². The molecule has 0 saturated heterocycles. The molecule has 0 aliphatic carbocycles. The quantitative estimate of drug-likeness (QED) is 0.578. The van der Waals surface area contributed by atoms with Crippen LogP contribution in [0.15, 0.2) is 23.1 Å². The van der Waals surface area contributed by atoms with E-state index in [9.17, 15) is 8.42 Å². The Morgan fingerprint density at radius 1 is 1.33 bits per heavy atom. The summed E-state index contributed by atoms with van der Waals surface area (Å²) in [6.07, 6.45) is 0. The van der Waals surface area contributed by atoms with Crippen LogP contribution in [0.4, 0.5) is 5.69 Å². The minimum Gasteiger partial charge on any atom is -0.399 e. The van der Waals surface area contributed by atoms with Crippen LogP contribution < -0.4 is 10.6 Å². The van der Waals surface area contributed by atoms with Crippen LogP contribution in [0.3, 0.4) is 0 Å². The largest absolute Gasteiger partial charge is 0.399 e. The first-order valence-electron chi connectivity index (χ1n) is 4.39. The van der Waals surface area contributed by atoms with E-state index in [1.54, 1.807) is 33.2 Å². The van der Waals surface area contributed by atoms with Crippen LogP contribution in [-0.4, -0.2) is 27.5 Å². The molecular weight excluding hydrogens is 214 g/mol. The van der Waals surface area contributed by atoms with Crippen molar-refractivity contribution >= 4 is 15.7 Å². The maximum Gasteiger partial charge on any atom is 0.253 e. The highest BCUT2D eigenvalue weighted by Crippen LogP contribution is 2.16. The van der Waals surface area contributed by atoms with Crippen molar-refractivity contribution in [3.8, 4) is 0 Å². The third-order valence-corrected chi connectivity index (χ3v) is 3.33. The molecule has 0 amide bonds. The molecule has 84 valence electrons. The third kappa shape index (κ3) is 2.92. The van der Waals surface area contributed by atoms with Crippen LogP contribution in [0.5, 0.6) is 0 Å². The van der Waals surface area contributed by atoms with E-state index in [2.05, 4.69) is 4.83 Å². The standard InChI is InChI=1S/C9H15N3O2S/c1-7-6-8(4-5-9(7)10)15(13,14)11-12(2)3/h4-6,11H,10H2,1-3H3. The molecule has 0 atom stereocenters. The van der Waals surface area contributed by atoms with Gasteiger partial charge in [0.15, 0.2) is 0 Å². The van der Waals surface area contributed by atoms with Crippen molar-refractivity contribution in [2.45, 2.75) is 11.8 Å². The highest BCUT2D eigenvalue weighted by molar-refractivity contribution is 7.89. The smallest absolute Gasteiger partial charge is 0.253 e. The maximum atomic E-state index is 11.7. The SMILES string of the molecule is Cc1cc(S(=O)(=O)NN(C)C)ccc1N. The maximum absolute atomic E-state index is 11.7. The number of rotatable bonds is 3. The second-order valence-electron chi connectivity index (χ2n) is 3.51. The van der Waals surface area contributed by atoms with Crippen molar-refractivity contribution in [2.75, 3.05) is 19.8 Å². The number of hydrogen-bond acceptors (Lipinski definition) is 4. The Morgan fingerprint density at radius 2 is 1.93 bits per heavy atom. The van der Waals surface area contributed by atoms with Crippen LogP contribution in [-0.2, 0) is 10.0 Å². The number of nitrogen functional groups attached to an aromatic ring is 1. The predicted octanol–water partition coefficient (Wildman–Crippen LogP) is 0.332. The Kier molecular flexibility index (Phi) is 3.33. The molecule has 15 heavy (non-hydrogen) atoms. The van der Waals surface area contributed by atoms with Crippen LogP contribution in [0, 0.1) is 6.92 Å². The lowest BCUT2D eigenvalue weighted by atomic mass is 10.2. The van der Waals surface area contributed by atoms with Crippen molar-refractivity contribution in [1.82, 2.24) is 9.84 Å². The summed E-state index contributed by atoms with van der Waals surface area (Å²) in [5, 5.41) is 1.38. The van der Waals surface area contributed by atoms with E-state index in [0.717, 1.165) is 5.56 Å². The van der Waals surface area contributed by atoms with Gasteiger partial charge < -0.3 is 5.73 Å². The third-order valence-electron chi connectivity index (χ3n) is 1.85. The summed E-state index contributed by atoms with van der Waals surface area (Å²) in [5.74, 6) is 0. The summed E-state index contributed by atoms with van der Waals surface area (Å²) in [4.78, 5) is 2.56. The van der Waals surface area contributed by atoms with Gasteiger partial charge in [-0.05, 0) is 30.7 Å². The van der Waals surface area contributed by atoms with E-state index in [0.29, 0.717) is 5.69 Å². The molecule has 0 saturated carbocycles. The average molecular weight is 229 g/mol. The van der Waals surface area contributed by atoms with Gasteiger partial charge >= 0.3 is 0 Å². The van der Waals surface area contributed by atoms with Gasteiger partial charge in [-0.1, -0.05) is 0 Å². The number of benzene rings is 1. The Bertz CT molecular complexity index is 454. The van der Waals surface area contributed by atoms with E-state index in [-0.39, 0.29) is 4.90 Å². The molecule has 0 radical (unpaired) electrons. The first kappa shape index (κ1) is 12.0. The van der Waals surface area contributed by atoms with E-state index in [4.69, 9.17) is 5.73 Å². The molecule has 1 rings (SSSR count). The molecule has 3 N–H and O–H groups in total. The number of sulfonamides is 1. The molecule has 0 aliphatic heterocycles. The predicted molar refractivity (Wildman–Crippen MR) is 59.6 cm³/mol. The molecule has 1 aromatic rings. The van der Waals surface area contributed by atoms with Gasteiger partial charge in [0.25, 0.3) is 10.0 Å². The van der Waals surface area contributed by atoms with Gasteiger partial charge in [-0.15, -0.1) is 4.83 Å². The Labute approximate surface area is 89.9 Å². The summed E-state index contributed by atoms with van der Waals surface area (Å²) in [5.41, 5.74) is 6.94. The van der Waals surface area contributed by atoms with Crippen LogP contribution in [0.25, 0.3) is 0 Å². The van der Waals surface area contributed by atoms with Crippen molar-refractivity contribution in [3.05, 3.63) is 23.8 Å². The van der Waals surface area contributed by atoms with Crippen molar-refractivity contribution in [1.29, 1.82) is 0 Å². The van der Waals surface area contributed by atoms with E-state index in [1.807, 2.05) is 0 Å². The van der Waals surface area contributed by atoms with E-state index in [1.165, 1.54) is 11.1 Å². The molecule has 0 spiro atoms. The Hall–Kier alpha value is -1.11. The number of anilines is 1. The lowest BCUT2D eigenvalue weighted by molar-refractivity contribution is 0.364. The summed E-state index contributed by atoms with van der Waals surface area (Å²) in [7, 11) is -0.253. The number of nitrogens with two attached hydrogens (primary N) is 1. The van der Waals surface area contributed by atoms with Crippen LogP contribution in [0.1, 0.15) is 5.56 Å². The summed E-state index contributed by atoms with van der Waals surface area (Å²) < 4.78 is 23.4. The number of aryl methyl sites for hydroxylation is 1. The molecule has 0 fully saturated rings. The van der Waals surface area contributed by atoms with Crippen LogP contribution >= 0.6 is 0 Å². The van der Waals surface area contributed by atoms with Crippen molar-refractivity contribution in [3.63, 3.8) is 0 Å².